The lowest BCUT2D eigenvalue weighted by atomic mass is 10.2. The normalized spacial score (nSPS) is 10.8. The van der Waals surface area contributed by atoms with Crippen LogP contribution >= 0.6 is 0 Å². The number of carbonyl (C=O) groups is 1. The molecular weight excluding hydrogens is 442 g/mol. The summed E-state index contributed by atoms with van der Waals surface area (Å²) < 4.78 is 18.7. The summed E-state index contributed by atoms with van der Waals surface area (Å²) in [6, 6.07) is 21.3. The minimum Gasteiger partial charge on any atom is -0.494 e. The van der Waals surface area contributed by atoms with Crippen molar-refractivity contribution >= 4 is 16.9 Å². The standard InChI is InChI=1S/C28H31N3O4/c1-20-9-12-22(13-10-20)35-18-6-17-31-24-8-5-4-7-23(24)30-27(31)15-16-29-28(32)21-11-14-25(33-2)26(19-21)34-3/h4-5,7-14,19H,6,15-18H2,1-3H3,(H,29,32). The van der Waals surface area contributed by atoms with Crippen LogP contribution in [0.15, 0.2) is 66.7 Å². The molecular formula is C28H31N3O4. The first-order valence-electron chi connectivity index (χ1n) is 11.7. The smallest absolute Gasteiger partial charge is 0.251 e. The summed E-state index contributed by atoms with van der Waals surface area (Å²) in [6.45, 7) is 3.93. The van der Waals surface area contributed by atoms with E-state index in [0.717, 1.165) is 35.6 Å². The van der Waals surface area contributed by atoms with E-state index in [1.807, 2.05) is 42.5 Å². The van der Waals surface area contributed by atoms with E-state index < -0.39 is 0 Å². The van der Waals surface area contributed by atoms with Crippen LogP contribution in [0.5, 0.6) is 17.2 Å². The summed E-state index contributed by atoms with van der Waals surface area (Å²) in [5.74, 6) is 2.76. The summed E-state index contributed by atoms with van der Waals surface area (Å²) in [6.07, 6.45) is 1.46. The number of nitrogens with one attached hydrogen (secondary N) is 1. The van der Waals surface area contributed by atoms with E-state index in [1.54, 1.807) is 32.4 Å². The third-order valence-corrected chi connectivity index (χ3v) is 5.83. The van der Waals surface area contributed by atoms with Crippen molar-refractivity contribution in [3.63, 3.8) is 0 Å². The van der Waals surface area contributed by atoms with Gasteiger partial charge in [-0.3, -0.25) is 4.79 Å². The molecule has 0 bridgehead atoms. The van der Waals surface area contributed by atoms with Crippen LogP contribution in [0.3, 0.4) is 0 Å². The van der Waals surface area contributed by atoms with Crippen LogP contribution in [0.1, 0.15) is 28.2 Å². The number of para-hydroxylation sites is 2. The molecule has 182 valence electrons. The van der Waals surface area contributed by atoms with E-state index >= 15 is 0 Å². The highest BCUT2D eigenvalue weighted by Gasteiger charge is 2.13. The Morgan fingerprint density at radius 3 is 2.51 bits per heavy atom. The molecule has 0 saturated heterocycles. The number of hydrogen-bond acceptors (Lipinski definition) is 5. The molecule has 0 saturated carbocycles. The Morgan fingerprint density at radius 1 is 0.971 bits per heavy atom. The molecule has 1 heterocycles. The van der Waals surface area contributed by atoms with Gasteiger partial charge in [0.05, 0.1) is 31.9 Å². The molecule has 0 spiro atoms. The molecule has 35 heavy (non-hydrogen) atoms. The minimum absolute atomic E-state index is 0.167. The Hall–Kier alpha value is -4.00. The Balaban J connectivity index is 1.37. The van der Waals surface area contributed by atoms with Crippen LogP contribution in [0.25, 0.3) is 11.0 Å². The van der Waals surface area contributed by atoms with Gasteiger partial charge in [0.15, 0.2) is 11.5 Å². The molecule has 7 nitrogen and oxygen atoms in total. The summed E-state index contributed by atoms with van der Waals surface area (Å²) >= 11 is 0. The Morgan fingerprint density at radius 2 is 1.74 bits per heavy atom. The highest BCUT2D eigenvalue weighted by atomic mass is 16.5. The van der Waals surface area contributed by atoms with E-state index in [9.17, 15) is 4.79 Å². The van der Waals surface area contributed by atoms with Gasteiger partial charge >= 0.3 is 0 Å². The fourth-order valence-corrected chi connectivity index (χ4v) is 3.98. The van der Waals surface area contributed by atoms with Gasteiger partial charge in [0.1, 0.15) is 11.6 Å². The zero-order valence-electron chi connectivity index (χ0n) is 20.4. The van der Waals surface area contributed by atoms with Crippen molar-refractivity contribution in [2.75, 3.05) is 27.4 Å². The molecule has 0 atom stereocenters. The van der Waals surface area contributed by atoms with E-state index in [0.29, 0.717) is 36.6 Å². The van der Waals surface area contributed by atoms with Crippen molar-refractivity contribution in [2.24, 2.45) is 0 Å². The first kappa shape index (κ1) is 24.1. The first-order valence-corrected chi connectivity index (χ1v) is 11.7. The lowest BCUT2D eigenvalue weighted by Gasteiger charge is -2.12. The van der Waals surface area contributed by atoms with Crippen LogP contribution in [0.2, 0.25) is 0 Å². The molecule has 3 aromatic carbocycles. The molecule has 0 aliphatic heterocycles. The Kier molecular flexibility index (Phi) is 7.88. The number of rotatable bonds is 11. The zero-order valence-corrected chi connectivity index (χ0v) is 20.4. The van der Waals surface area contributed by atoms with Gasteiger partial charge in [0.2, 0.25) is 0 Å². The van der Waals surface area contributed by atoms with Crippen molar-refractivity contribution in [2.45, 2.75) is 26.3 Å². The number of imidazole rings is 1. The fraction of sp³-hybridized carbons (Fsp3) is 0.286. The molecule has 0 aliphatic carbocycles. The molecule has 1 aromatic heterocycles. The van der Waals surface area contributed by atoms with Crippen LogP contribution < -0.4 is 19.5 Å². The molecule has 0 aliphatic rings. The maximum Gasteiger partial charge on any atom is 0.251 e. The summed E-state index contributed by atoms with van der Waals surface area (Å²) in [5, 5.41) is 2.99. The number of fused-ring (bicyclic) bond motifs is 1. The third-order valence-electron chi connectivity index (χ3n) is 5.83. The number of aromatic nitrogens is 2. The van der Waals surface area contributed by atoms with Crippen LogP contribution in [0.4, 0.5) is 0 Å². The SMILES string of the molecule is COc1ccc(C(=O)NCCc2nc3ccccc3n2CCCOc2ccc(C)cc2)cc1OC. The summed E-state index contributed by atoms with van der Waals surface area (Å²) in [4.78, 5) is 17.5. The minimum atomic E-state index is -0.167. The van der Waals surface area contributed by atoms with Crippen molar-refractivity contribution in [3.05, 3.63) is 83.7 Å². The van der Waals surface area contributed by atoms with E-state index in [-0.39, 0.29) is 5.91 Å². The van der Waals surface area contributed by atoms with Crippen molar-refractivity contribution in [3.8, 4) is 17.2 Å². The molecule has 0 radical (unpaired) electrons. The van der Waals surface area contributed by atoms with Gasteiger partial charge in [-0.05, 0) is 55.8 Å². The number of carbonyl (C=O) groups excluding carboxylic acids is 1. The third kappa shape index (κ3) is 5.93. The second-order valence-electron chi connectivity index (χ2n) is 8.26. The lowest BCUT2D eigenvalue weighted by molar-refractivity contribution is 0.0953. The zero-order chi connectivity index (χ0) is 24.6. The number of benzene rings is 3. The number of methoxy groups -OCH3 is 2. The lowest BCUT2D eigenvalue weighted by Crippen LogP contribution is -2.26. The molecule has 7 heteroatoms. The Bertz CT molecular complexity index is 1280. The van der Waals surface area contributed by atoms with Gasteiger partial charge in [0.25, 0.3) is 5.91 Å². The maximum atomic E-state index is 12.7. The molecule has 1 N–H and O–H groups in total. The first-order chi connectivity index (χ1) is 17.1. The van der Waals surface area contributed by atoms with Gasteiger partial charge < -0.3 is 24.1 Å². The number of hydrogen-bond donors (Lipinski definition) is 1. The van der Waals surface area contributed by atoms with Crippen LogP contribution in [0, 0.1) is 6.92 Å². The van der Waals surface area contributed by atoms with Gasteiger partial charge in [-0.1, -0.05) is 29.8 Å². The number of amides is 1. The van der Waals surface area contributed by atoms with Crippen molar-refractivity contribution in [1.82, 2.24) is 14.9 Å². The van der Waals surface area contributed by atoms with Gasteiger partial charge in [-0.25, -0.2) is 4.98 Å². The van der Waals surface area contributed by atoms with Crippen LogP contribution in [-0.2, 0) is 13.0 Å². The highest BCUT2D eigenvalue weighted by molar-refractivity contribution is 5.94. The van der Waals surface area contributed by atoms with E-state index in [2.05, 4.69) is 22.9 Å². The van der Waals surface area contributed by atoms with E-state index in [4.69, 9.17) is 19.2 Å². The quantitative estimate of drug-likeness (QED) is 0.317. The topological polar surface area (TPSA) is 74.6 Å². The second-order valence-corrected chi connectivity index (χ2v) is 8.26. The van der Waals surface area contributed by atoms with Crippen LogP contribution in [-0.4, -0.2) is 42.8 Å². The molecule has 0 unspecified atom stereocenters. The maximum absolute atomic E-state index is 12.7. The molecule has 4 aromatic rings. The molecule has 1 amide bonds. The second kappa shape index (κ2) is 11.4. The number of ether oxygens (including phenoxy) is 3. The largest absolute Gasteiger partial charge is 0.494 e. The summed E-state index contributed by atoms with van der Waals surface area (Å²) in [5.41, 5.74) is 3.77. The predicted molar refractivity (Wildman–Crippen MR) is 137 cm³/mol. The van der Waals surface area contributed by atoms with Gasteiger partial charge in [-0.15, -0.1) is 0 Å². The van der Waals surface area contributed by atoms with Gasteiger partial charge in [-0.2, -0.15) is 0 Å². The number of nitrogens with zero attached hydrogens (tertiary/aromatic N) is 2. The summed E-state index contributed by atoms with van der Waals surface area (Å²) in [7, 11) is 3.12. The van der Waals surface area contributed by atoms with Crippen molar-refractivity contribution in [1.29, 1.82) is 0 Å². The number of aryl methyl sites for hydroxylation is 2. The predicted octanol–water partition coefficient (Wildman–Crippen LogP) is 4.80. The van der Waals surface area contributed by atoms with E-state index in [1.165, 1.54) is 5.56 Å². The van der Waals surface area contributed by atoms with Crippen molar-refractivity contribution < 1.29 is 19.0 Å². The average molecular weight is 474 g/mol. The monoisotopic (exact) mass is 473 g/mol. The highest BCUT2D eigenvalue weighted by Crippen LogP contribution is 2.27. The van der Waals surface area contributed by atoms with Gasteiger partial charge in [0, 0.05) is 25.1 Å². The average Bonchev–Trinajstić information content (AvgIpc) is 3.24. The Labute approximate surface area is 205 Å². The fourth-order valence-electron chi connectivity index (χ4n) is 3.98. The molecule has 4 rings (SSSR count). The molecule has 0 fully saturated rings.